The van der Waals surface area contributed by atoms with E-state index >= 15 is 8.78 Å². The van der Waals surface area contributed by atoms with Crippen molar-refractivity contribution in [3.05, 3.63) is 53.1 Å². The Bertz CT molecular complexity index is 1190. The van der Waals surface area contributed by atoms with Crippen LogP contribution < -0.4 is 5.06 Å². The lowest BCUT2D eigenvalue weighted by Crippen LogP contribution is -2.68. The number of anilines is 1. The number of rotatable bonds is 6. The summed E-state index contributed by atoms with van der Waals surface area (Å²) in [7, 11) is 0. The quantitative estimate of drug-likeness (QED) is 0.435. The molecule has 1 aromatic carbocycles. The van der Waals surface area contributed by atoms with Crippen LogP contribution in [-0.2, 0) is 9.59 Å². The second-order valence-electron chi connectivity index (χ2n) is 11.9. The number of halogens is 3. The Balaban J connectivity index is 1.54. The average Bonchev–Trinajstić information content (AvgIpc) is 3.14. The van der Waals surface area contributed by atoms with Crippen LogP contribution in [0.2, 0.25) is 5.02 Å². The molecule has 0 amide bonds. The highest BCUT2D eigenvalue weighted by molar-refractivity contribution is 7.99. The molecule has 0 spiro atoms. The van der Waals surface area contributed by atoms with Gasteiger partial charge in [-0.05, 0) is 91.7 Å². The third-order valence-corrected chi connectivity index (χ3v) is 10.8. The van der Waals surface area contributed by atoms with Crippen molar-refractivity contribution >= 4 is 40.6 Å². The summed E-state index contributed by atoms with van der Waals surface area (Å²) < 4.78 is 33.1. The Labute approximate surface area is 231 Å². The van der Waals surface area contributed by atoms with Crippen LogP contribution in [0.3, 0.4) is 0 Å². The van der Waals surface area contributed by atoms with Crippen molar-refractivity contribution in [3.8, 4) is 0 Å². The molecule has 3 saturated carbocycles. The summed E-state index contributed by atoms with van der Waals surface area (Å²) in [5, 5.41) is 24.1. The number of alkyl halides is 2. The van der Waals surface area contributed by atoms with Crippen molar-refractivity contribution < 1.29 is 28.7 Å². The molecule has 206 valence electrons. The van der Waals surface area contributed by atoms with Gasteiger partial charge in [0.25, 0.3) is 0 Å². The number of ketones is 2. The normalized spacial score (nSPS) is 41.7. The first-order valence-electron chi connectivity index (χ1n) is 13.1. The van der Waals surface area contributed by atoms with Gasteiger partial charge in [0, 0.05) is 28.8 Å². The van der Waals surface area contributed by atoms with E-state index in [4.69, 9.17) is 11.6 Å². The maximum Gasteiger partial charge on any atom is 0.178 e. The van der Waals surface area contributed by atoms with E-state index < -0.39 is 46.5 Å². The summed E-state index contributed by atoms with van der Waals surface area (Å²) in [6.45, 7) is 3.64. The molecule has 0 aromatic heterocycles. The van der Waals surface area contributed by atoms with Gasteiger partial charge < -0.3 is 5.11 Å². The number of aliphatic hydroxyl groups excluding tert-OH is 1. The molecule has 0 bridgehead atoms. The van der Waals surface area contributed by atoms with Gasteiger partial charge in [0.15, 0.2) is 11.5 Å². The number of aliphatic hydroxyl groups is 1. The smallest absolute Gasteiger partial charge is 0.178 e. The summed E-state index contributed by atoms with van der Waals surface area (Å²) in [6, 6.07) is 6.69. The third-order valence-electron chi connectivity index (χ3n) is 9.97. The number of benzene rings is 1. The van der Waals surface area contributed by atoms with Gasteiger partial charge in [0.05, 0.1) is 17.5 Å². The van der Waals surface area contributed by atoms with Crippen LogP contribution in [0.25, 0.3) is 0 Å². The van der Waals surface area contributed by atoms with E-state index in [1.54, 1.807) is 31.2 Å². The number of thioether (sulfide) groups is 1. The van der Waals surface area contributed by atoms with Crippen molar-refractivity contribution in [2.75, 3.05) is 23.6 Å². The predicted octanol–water partition coefficient (Wildman–Crippen LogP) is 5.63. The summed E-state index contributed by atoms with van der Waals surface area (Å²) >= 11 is 7.40. The Morgan fingerprint density at radius 3 is 2.55 bits per heavy atom. The number of Topliss-reactive ketones (excluding diaryl/α,β-unsaturated/α-hetero) is 1. The van der Waals surface area contributed by atoms with E-state index in [0.29, 0.717) is 17.1 Å². The molecule has 0 aliphatic heterocycles. The highest BCUT2D eigenvalue weighted by Crippen LogP contribution is 2.70. The first kappa shape index (κ1) is 27.8. The number of fused-ring (bicyclic) bond motifs is 5. The molecule has 0 heterocycles. The van der Waals surface area contributed by atoms with Crippen molar-refractivity contribution in [2.24, 2.45) is 34.5 Å². The van der Waals surface area contributed by atoms with E-state index in [2.05, 4.69) is 0 Å². The fourth-order valence-electron chi connectivity index (χ4n) is 8.37. The number of nitrogens with zero attached hydrogens (tertiary/aromatic N) is 1. The molecular weight excluding hydrogens is 532 g/mol. The highest BCUT2D eigenvalue weighted by Gasteiger charge is 2.73. The van der Waals surface area contributed by atoms with Crippen LogP contribution >= 0.6 is 23.4 Å². The molecule has 9 unspecified atom stereocenters. The molecule has 3 fully saturated rings. The van der Waals surface area contributed by atoms with Crippen LogP contribution in [0.5, 0.6) is 0 Å². The molecule has 9 heteroatoms. The lowest BCUT2D eigenvalue weighted by atomic mass is 9.45. The second-order valence-corrected chi connectivity index (χ2v) is 13.2. The number of carbonyl (C=O) groups excluding carboxylic acids is 2. The molecule has 4 aliphatic rings. The Morgan fingerprint density at radius 2 is 1.89 bits per heavy atom. The molecule has 5 nitrogen and oxygen atoms in total. The summed E-state index contributed by atoms with van der Waals surface area (Å²) in [5.74, 6) is -2.23. The molecule has 1 aromatic rings. The topological polar surface area (TPSA) is 77.8 Å². The molecule has 9 atom stereocenters. The van der Waals surface area contributed by atoms with Crippen LogP contribution in [0.4, 0.5) is 14.5 Å². The predicted molar refractivity (Wildman–Crippen MR) is 145 cm³/mol. The van der Waals surface area contributed by atoms with Gasteiger partial charge in [0.1, 0.15) is 12.0 Å². The zero-order valence-electron chi connectivity index (χ0n) is 21.7. The Kier molecular flexibility index (Phi) is 7.11. The minimum Gasteiger partial charge on any atom is -0.390 e. The largest absolute Gasteiger partial charge is 0.390 e. The number of hydrogen-bond acceptors (Lipinski definition) is 6. The van der Waals surface area contributed by atoms with Gasteiger partial charge in [-0.15, -0.1) is 0 Å². The molecule has 5 rings (SSSR count). The summed E-state index contributed by atoms with van der Waals surface area (Å²) in [5.41, 5.74) is -3.83. The fourth-order valence-corrected chi connectivity index (χ4v) is 8.96. The Hall–Kier alpha value is -1.74. The molecule has 0 saturated heterocycles. The number of allylic oxidation sites excluding steroid dienone is 4. The fraction of sp³-hybridized carbons (Fsp3) is 0.586. The van der Waals surface area contributed by atoms with Crippen LogP contribution in [-0.4, -0.2) is 58.4 Å². The lowest BCUT2D eigenvalue weighted by Gasteiger charge is -2.62. The van der Waals surface area contributed by atoms with Crippen LogP contribution in [0.15, 0.2) is 48.1 Å². The van der Waals surface area contributed by atoms with Crippen LogP contribution in [0.1, 0.15) is 33.1 Å². The molecule has 0 radical (unpaired) electrons. The first-order chi connectivity index (χ1) is 17.9. The van der Waals surface area contributed by atoms with Gasteiger partial charge in [-0.2, -0.15) is 11.8 Å². The third kappa shape index (κ3) is 4.01. The van der Waals surface area contributed by atoms with Crippen LogP contribution in [0, 0.1) is 34.5 Å². The number of hydroxylamine groups is 1. The molecule has 38 heavy (non-hydrogen) atoms. The van der Waals surface area contributed by atoms with Crippen molar-refractivity contribution in [1.29, 1.82) is 0 Å². The van der Waals surface area contributed by atoms with Gasteiger partial charge >= 0.3 is 0 Å². The Morgan fingerprint density at radius 1 is 1.21 bits per heavy atom. The van der Waals surface area contributed by atoms with E-state index in [-0.39, 0.29) is 48.2 Å². The van der Waals surface area contributed by atoms with E-state index in [0.717, 1.165) is 5.06 Å². The number of carbonyl (C=O) groups is 2. The van der Waals surface area contributed by atoms with Gasteiger partial charge in [-0.1, -0.05) is 24.6 Å². The molecular formula is C29H34ClF2NO4S. The standard InChI is InChI=1S/C29H34ClF2NO4S/c1-27-13-25(36)29(32)21(12-23(31)22-11-19(34)8-9-28(22,29)2)20(27)10-16(26(27)24(35)15-38-3)14-33(37)18-6-4-17(30)5-7-18/h4-9,11,16,20-21,23,25-26,36-37H,10,12-15H2,1-3H3. The lowest BCUT2D eigenvalue weighted by molar-refractivity contribution is -0.201. The van der Waals surface area contributed by atoms with E-state index in [9.17, 15) is 19.9 Å². The van der Waals surface area contributed by atoms with Gasteiger partial charge in [0.2, 0.25) is 0 Å². The average molecular weight is 566 g/mol. The van der Waals surface area contributed by atoms with Crippen molar-refractivity contribution in [3.63, 3.8) is 0 Å². The minimum absolute atomic E-state index is 0.00173. The molecule has 2 N–H and O–H groups in total. The zero-order valence-corrected chi connectivity index (χ0v) is 23.3. The van der Waals surface area contributed by atoms with Crippen molar-refractivity contribution in [2.45, 2.75) is 51.1 Å². The second kappa shape index (κ2) is 9.72. The zero-order chi connectivity index (χ0) is 27.6. The first-order valence-corrected chi connectivity index (χ1v) is 14.8. The SMILES string of the molecule is CSCC(=O)C1C(CN(O)c2ccc(Cl)cc2)CC2C3CC(F)C4=CC(=O)C=CC4(C)C3(F)C(O)CC21C. The van der Waals surface area contributed by atoms with E-state index in [1.807, 2.05) is 13.2 Å². The van der Waals surface area contributed by atoms with Gasteiger partial charge in [-0.3, -0.25) is 19.9 Å². The monoisotopic (exact) mass is 565 g/mol. The van der Waals surface area contributed by atoms with Gasteiger partial charge in [-0.25, -0.2) is 8.78 Å². The summed E-state index contributed by atoms with van der Waals surface area (Å²) in [6.07, 6.45) is 3.03. The molecule has 4 aliphatic carbocycles. The maximum absolute atomic E-state index is 17.4. The van der Waals surface area contributed by atoms with Crippen molar-refractivity contribution in [1.82, 2.24) is 0 Å². The number of hydrogen-bond donors (Lipinski definition) is 2. The summed E-state index contributed by atoms with van der Waals surface area (Å²) in [4.78, 5) is 25.6. The van der Waals surface area contributed by atoms with E-state index in [1.165, 1.54) is 30.0 Å². The highest BCUT2D eigenvalue weighted by atomic mass is 35.5. The minimum atomic E-state index is -2.19. The maximum atomic E-state index is 17.4.